The molecule has 0 atom stereocenters. The smallest absolute Gasteiger partial charge is 0.291 e. The van der Waals surface area contributed by atoms with Crippen LogP contribution < -0.4 is 24.3 Å². The van der Waals surface area contributed by atoms with E-state index in [1.54, 1.807) is 33.5 Å². The number of thiazole rings is 1. The van der Waals surface area contributed by atoms with Crippen LogP contribution in [0.25, 0.3) is 22.4 Å². The Morgan fingerprint density at radius 3 is 2.43 bits per heavy atom. The number of aromatic nitrogens is 3. The summed E-state index contributed by atoms with van der Waals surface area (Å²) in [5.41, 5.74) is 1.35. The van der Waals surface area contributed by atoms with Gasteiger partial charge in [-0.1, -0.05) is 29.5 Å². The zero-order chi connectivity index (χ0) is 19.7. The number of hydrogen-bond acceptors (Lipinski definition) is 7. The summed E-state index contributed by atoms with van der Waals surface area (Å²) >= 11 is 1.28. The average molecular weight is 395 g/mol. The quantitative estimate of drug-likeness (QED) is 0.517. The van der Waals surface area contributed by atoms with Crippen LogP contribution >= 0.6 is 11.3 Å². The molecule has 7 nitrogen and oxygen atoms in total. The first-order chi connectivity index (χ1) is 13.6. The molecule has 0 saturated heterocycles. The second kappa shape index (κ2) is 7.32. The Hall–Kier alpha value is -3.39. The fraction of sp³-hybridized carbons (Fsp3) is 0.150. The Balaban J connectivity index is 1.79. The highest BCUT2D eigenvalue weighted by atomic mass is 32.1. The standard InChI is InChI=1S/C20H17N3O4S/c1-25-14-7-5-4-6-13(14)18-21-20-23(22-18)19(24)17(28-20)11-12-8-9-15(26-2)16(10-12)27-3/h4-11H,1-3H3/b17-11+. The lowest BCUT2D eigenvalue weighted by atomic mass is 10.2. The molecule has 142 valence electrons. The maximum atomic E-state index is 12.8. The Bertz CT molecular complexity index is 1260. The van der Waals surface area contributed by atoms with Crippen LogP contribution in [0.4, 0.5) is 0 Å². The Labute approximate surface area is 164 Å². The van der Waals surface area contributed by atoms with Crippen molar-refractivity contribution in [3.8, 4) is 28.6 Å². The number of fused-ring (bicyclic) bond motifs is 1. The van der Waals surface area contributed by atoms with Crippen molar-refractivity contribution < 1.29 is 14.2 Å². The second-order valence-corrected chi connectivity index (χ2v) is 6.87. The lowest BCUT2D eigenvalue weighted by Gasteiger charge is -2.07. The van der Waals surface area contributed by atoms with Gasteiger partial charge in [-0.15, -0.1) is 5.10 Å². The van der Waals surface area contributed by atoms with E-state index in [0.717, 1.165) is 11.1 Å². The van der Waals surface area contributed by atoms with E-state index in [1.807, 2.05) is 36.4 Å². The molecule has 0 saturated carbocycles. The summed E-state index contributed by atoms with van der Waals surface area (Å²) in [5, 5.41) is 4.37. The fourth-order valence-electron chi connectivity index (χ4n) is 2.87. The van der Waals surface area contributed by atoms with E-state index in [4.69, 9.17) is 14.2 Å². The van der Waals surface area contributed by atoms with Crippen molar-refractivity contribution in [3.05, 3.63) is 62.9 Å². The molecule has 4 rings (SSSR count). The number of hydrogen-bond donors (Lipinski definition) is 0. The van der Waals surface area contributed by atoms with Gasteiger partial charge in [-0.05, 0) is 35.9 Å². The van der Waals surface area contributed by atoms with Gasteiger partial charge in [0.1, 0.15) is 5.75 Å². The second-order valence-electron chi connectivity index (χ2n) is 5.86. The summed E-state index contributed by atoms with van der Waals surface area (Å²) in [6, 6.07) is 12.9. The van der Waals surface area contributed by atoms with Crippen LogP contribution in [-0.2, 0) is 0 Å². The van der Waals surface area contributed by atoms with E-state index < -0.39 is 0 Å². The molecular weight excluding hydrogens is 378 g/mol. The lowest BCUT2D eigenvalue weighted by molar-refractivity contribution is 0.355. The van der Waals surface area contributed by atoms with Crippen molar-refractivity contribution in [1.29, 1.82) is 0 Å². The zero-order valence-electron chi connectivity index (χ0n) is 15.5. The molecule has 2 heterocycles. The van der Waals surface area contributed by atoms with Gasteiger partial charge in [0.15, 0.2) is 17.3 Å². The van der Waals surface area contributed by atoms with Crippen LogP contribution in [0.15, 0.2) is 47.3 Å². The van der Waals surface area contributed by atoms with E-state index in [1.165, 1.54) is 15.9 Å². The van der Waals surface area contributed by atoms with Crippen molar-refractivity contribution in [2.45, 2.75) is 0 Å². The van der Waals surface area contributed by atoms with Gasteiger partial charge in [-0.2, -0.15) is 9.50 Å². The van der Waals surface area contributed by atoms with Crippen molar-refractivity contribution >= 4 is 22.4 Å². The summed E-state index contributed by atoms with van der Waals surface area (Å²) in [7, 11) is 4.74. The van der Waals surface area contributed by atoms with Gasteiger partial charge in [-0.25, -0.2) is 0 Å². The summed E-state index contributed by atoms with van der Waals surface area (Å²) in [5.74, 6) is 2.34. The summed E-state index contributed by atoms with van der Waals surface area (Å²) in [4.78, 5) is 17.8. The maximum absolute atomic E-state index is 12.8. The predicted octanol–water partition coefficient (Wildman–Crippen LogP) is 2.39. The van der Waals surface area contributed by atoms with E-state index in [-0.39, 0.29) is 5.56 Å². The van der Waals surface area contributed by atoms with Crippen molar-refractivity contribution in [2.75, 3.05) is 21.3 Å². The minimum absolute atomic E-state index is 0.219. The fourth-order valence-corrected chi connectivity index (χ4v) is 3.78. The van der Waals surface area contributed by atoms with Crippen molar-refractivity contribution in [1.82, 2.24) is 14.6 Å². The normalized spacial score (nSPS) is 11.8. The molecule has 0 fully saturated rings. The third kappa shape index (κ3) is 3.07. The number of ether oxygens (including phenoxy) is 3. The molecule has 2 aromatic carbocycles. The molecule has 0 radical (unpaired) electrons. The van der Waals surface area contributed by atoms with Crippen LogP contribution in [-0.4, -0.2) is 35.9 Å². The Kier molecular flexibility index (Phi) is 4.70. The number of benzene rings is 2. The molecular formula is C20H17N3O4S. The van der Waals surface area contributed by atoms with Crippen molar-refractivity contribution in [3.63, 3.8) is 0 Å². The first-order valence-corrected chi connectivity index (χ1v) is 9.23. The zero-order valence-corrected chi connectivity index (χ0v) is 16.3. The summed E-state index contributed by atoms with van der Waals surface area (Å²) in [6.45, 7) is 0. The van der Waals surface area contributed by atoms with Gasteiger partial charge < -0.3 is 14.2 Å². The van der Waals surface area contributed by atoms with E-state index >= 15 is 0 Å². The SMILES string of the molecule is COc1ccc(/C=c2/sc3nc(-c4ccccc4OC)nn3c2=O)cc1OC. The first-order valence-electron chi connectivity index (χ1n) is 8.41. The van der Waals surface area contributed by atoms with Crippen LogP contribution in [0.5, 0.6) is 17.2 Å². The molecule has 8 heteroatoms. The number of nitrogens with zero attached hydrogens (tertiary/aromatic N) is 3. The summed E-state index contributed by atoms with van der Waals surface area (Å²) < 4.78 is 17.8. The first kappa shape index (κ1) is 18.0. The minimum Gasteiger partial charge on any atom is -0.496 e. The van der Waals surface area contributed by atoms with E-state index in [0.29, 0.717) is 32.6 Å². The monoisotopic (exact) mass is 395 g/mol. The largest absolute Gasteiger partial charge is 0.496 e. The average Bonchev–Trinajstić information content (AvgIpc) is 3.27. The van der Waals surface area contributed by atoms with Crippen LogP contribution in [0, 0.1) is 0 Å². The van der Waals surface area contributed by atoms with Crippen LogP contribution in [0.2, 0.25) is 0 Å². The number of para-hydroxylation sites is 1. The summed E-state index contributed by atoms with van der Waals surface area (Å²) in [6.07, 6.45) is 1.79. The molecule has 0 N–H and O–H groups in total. The molecule has 28 heavy (non-hydrogen) atoms. The van der Waals surface area contributed by atoms with E-state index in [9.17, 15) is 4.79 Å². The topological polar surface area (TPSA) is 75.0 Å². The highest BCUT2D eigenvalue weighted by molar-refractivity contribution is 7.15. The minimum atomic E-state index is -0.219. The molecule has 0 aliphatic rings. The third-order valence-corrected chi connectivity index (χ3v) is 5.19. The van der Waals surface area contributed by atoms with Gasteiger partial charge in [-0.3, -0.25) is 4.79 Å². The van der Waals surface area contributed by atoms with Crippen LogP contribution in [0.3, 0.4) is 0 Å². The van der Waals surface area contributed by atoms with Crippen molar-refractivity contribution in [2.24, 2.45) is 0 Å². The highest BCUT2D eigenvalue weighted by Crippen LogP contribution is 2.28. The predicted molar refractivity (Wildman–Crippen MR) is 107 cm³/mol. The maximum Gasteiger partial charge on any atom is 0.291 e. The highest BCUT2D eigenvalue weighted by Gasteiger charge is 2.15. The molecule has 0 aliphatic heterocycles. The Morgan fingerprint density at radius 1 is 0.964 bits per heavy atom. The molecule has 0 spiro atoms. The molecule has 4 aromatic rings. The lowest BCUT2D eigenvalue weighted by Crippen LogP contribution is -2.23. The van der Waals surface area contributed by atoms with E-state index in [2.05, 4.69) is 10.1 Å². The van der Waals surface area contributed by atoms with Gasteiger partial charge in [0, 0.05) is 0 Å². The number of methoxy groups -OCH3 is 3. The van der Waals surface area contributed by atoms with Gasteiger partial charge >= 0.3 is 0 Å². The Morgan fingerprint density at radius 2 is 1.71 bits per heavy atom. The molecule has 0 aliphatic carbocycles. The molecule has 0 unspecified atom stereocenters. The van der Waals surface area contributed by atoms with Gasteiger partial charge in [0.2, 0.25) is 4.96 Å². The molecule has 0 amide bonds. The van der Waals surface area contributed by atoms with Gasteiger partial charge in [0.25, 0.3) is 5.56 Å². The van der Waals surface area contributed by atoms with Gasteiger partial charge in [0.05, 0.1) is 31.4 Å². The van der Waals surface area contributed by atoms with Crippen LogP contribution in [0.1, 0.15) is 5.56 Å². The molecule has 2 aromatic heterocycles. The third-order valence-electron chi connectivity index (χ3n) is 4.24. The molecule has 0 bridgehead atoms. The number of rotatable bonds is 5.